The second kappa shape index (κ2) is 8.30. The third-order valence-corrected chi connectivity index (χ3v) is 3.86. The highest BCUT2D eigenvalue weighted by atomic mass is 35.5. The van der Waals surface area contributed by atoms with E-state index in [1.807, 2.05) is 0 Å². The largest absolute Gasteiger partial charge is 0.463 e. The first-order valence-corrected chi connectivity index (χ1v) is 8.23. The monoisotopic (exact) mass is 400 g/mol. The van der Waals surface area contributed by atoms with Gasteiger partial charge in [-0.05, 0) is 31.2 Å². The molecule has 0 saturated carbocycles. The van der Waals surface area contributed by atoms with Crippen LogP contribution in [0.3, 0.4) is 0 Å². The van der Waals surface area contributed by atoms with Crippen LogP contribution in [0, 0.1) is 0 Å². The summed E-state index contributed by atoms with van der Waals surface area (Å²) in [5.74, 6) is -2.88. The topological polar surface area (TPSA) is 67.4 Å². The summed E-state index contributed by atoms with van der Waals surface area (Å²) in [7, 11) is 0. The van der Waals surface area contributed by atoms with Gasteiger partial charge in [-0.2, -0.15) is 13.2 Å². The van der Waals surface area contributed by atoms with Gasteiger partial charge in [0.05, 0.1) is 17.2 Å². The summed E-state index contributed by atoms with van der Waals surface area (Å²) in [6.45, 7) is 1.05. The highest BCUT2D eigenvalue weighted by Crippen LogP contribution is 2.33. The zero-order valence-corrected chi connectivity index (χ0v) is 14.9. The number of anilines is 1. The lowest BCUT2D eigenvalue weighted by atomic mass is 10.1. The van der Waals surface area contributed by atoms with E-state index in [9.17, 15) is 22.8 Å². The number of hydrogen-bond donors (Lipinski definition) is 2. The molecule has 0 aliphatic rings. The fourth-order valence-electron chi connectivity index (χ4n) is 2.25. The molecule has 0 spiro atoms. The Morgan fingerprint density at radius 3 is 2.19 bits per heavy atom. The van der Waals surface area contributed by atoms with E-state index in [0.717, 1.165) is 0 Å². The average Bonchev–Trinajstić information content (AvgIpc) is 2.61. The van der Waals surface area contributed by atoms with Crippen molar-refractivity contribution in [2.45, 2.75) is 18.8 Å². The van der Waals surface area contributed by atoms with E-state index < -0.39 is 23.7 Å². The van der Waals surface area contributed by atoms with Crippen molar-refractivity contribution in [3.8, 4) is 0 Å². The van der Waals surface area contributed by atoms with E-state index in [1.54, 1.807) is 11.4 Å². The molecule has 2 rings (SSSR count). The molecule has 1 amide bonds. The maximum Gasteiger partial charge on any atom is 0.441 e. The van der Waals surface area contributed by atoms with Crippen LogP contribution < -0.4 is 10.6 Å². The molecule has 27 heavy (non-hydrogen) atoms. The molecular weight excluding hydrogens is 385 g/mol. The third-order valence-electron chi connectivity index (χ3n) is 3.53. The Hall–Kier alpha value is -2.74. The van der Waals surface area contributed by atoms with Crippen molar-refractivity contribution < 1.29 is 27.5 Å². The summed E-state index contributed by atoms with van der Waals surface area (Å²) in [6.07, 6.45) is -5.22. The zero-order valence-electron chi connectivity index (χ0n) is 14.1. The molecule has 0 aliphatic heterocycles. The molecule has 5 nitrogen and oxygen atoms in total. The molecule has 0 bridgehead atoms. The normalized spacial score (nSPS) is 13.4. The van der Waals surface area contributed by atoms with Gasteiger partial charge in [-0.3, -0.25) is 4.79 Å². The fraction of sp³-hybridized carbons (Fsp3) is 0.222. The number of esters is 1. The number of carbonyl (C=O) groups excluding carboxylic acids is 2. The lowest BCUT2D eigenvalue weighted by molar-refractivity contribution is -0.204. The summed E-state index contributed by atoms with van der Waals surface area (Å²) in [4.78, 5) is 24.8. The van der Waals surface area contributed by atoms with E-state index in [1.165, 1.54) is 55.5 Å². The lowest BCUT2D eigenvalue weighted by Gasteiger charge is -2.35. The molecule has 0 fully saturated rings. The Kier molecular flexibility index (Phi) is 6.32. The van der Waals surface area contributed by atoms with Crippen LogP contribution in [0.2, 0.25) is 5.02 Å². The van der Waals surface area contributed by atoms with Gasteiger partial charge in [-0.15, -0.1) is 0 Å². The highest BCUT2D eigenvalue weighted by Gasteiger charge is 2.63. The van der Waals surface area contributed by atoms with Gasteiger partial charge in [-0.1, -0.05) is 41.9 Å². The average molecular weight is 401 g/mol. The van der Waals surface area contributed by atoms with Gasteiger partial charge in [0.2, 0.25) is 0 Å². The zero-order chi connectivity index (χ0) is 20.1. The number of benzene rings is 2. The van der Waals surface area contributed by atoms with Gasteiger partial charge in [0, 0.05) is 5.69 Å². The molecule has 2 N–H and O–H groups in total. The van der Waals surface area contributed by atoms with Crippen LogP contribution in [0.1, 0.15) is 17.3 Å². The van der Waals surface area contributed by atoms with Crippen LogP contribution in [-0.4, -0.2) is 30.3 Å². The number of nitrogens with one attached hydrogen (secondary N) is 2. The first-order chi connectivity index (χ1) is 12.7. The maximum atomic E-state index is 14.0. The van der Waals surface area contributed by atoms with Crippen LogP contribution in [-0.2, 0) is 9.53 Å². The summed E-state index contributed by atoms with van der Waals surface area (Å²) >= 11 is 5.88. The van der Waals surface area contributed by atoms with Crippen molar-refractivity contribution in [1.82, 2.24) is 5.32 Å². The molecule has 0 aliphatic carbocycles. The van der Waals surface area contributed by atoms with Gasteiger partial charge >= 0.3 is 17.8 Å². The van der Waals surface area contributed by atoms with Crippen LogP contribution in [0.25, 0.3) is 0 Å². The molecule has 0 heterocycles. The molecule has 0 unspecified atom stereocenters. The molecule has 144 valence electrons. The van der Waals surface area contributed by atoms with Crippen LogP contribution in [0.5, 0.6) is 0 Å². The lowest BCUT2D eigenvalue weighted by Crippen LogP contribution is -2.69. The molecule has 9 heteroatoms. The smallest absolute Gasteiger partial charge is 0.441 e. The minimum absolute atomic E-state index is 0.0395. The van der Waals surface area contributed by atoms with E-state index in [-0.39, 0.29) is 22.9 Å². The number of hydrogen-bond acceptors (Lipinski definition) is 4. The number of ether oxygens (including phenoxy) is 1. The molecule has 0 radical (unpaired) electrons. The number of rotatable bonds is 6. The SMILES string of the molecule is CCOC(=O)[C@](NC(=O)c1ccccc1Cl)(Nc1ccccc1)C(F)(F)F. The number of para-hydroxylation sites is 1. The fourth-order valence-corrected chi connectivity index (χ4v) is 2.47. The Bertz CT molecular complexity index is 815. The molecule has 2 aromatic rings. The minimum atomic E-state index is -5.22. The van der Waals surface area contributed by atoms with E-state index in [4.69, 9.17) is 11.6 Å². The van der Waals surface area contributed by atoms with Crippen molar-refractivity contribution in [3.05, 3.63) is 65.2 Å². The summed E-state index contributed by atoms with van der Waals surface area (Å²) < 4.78 is 46.6. The predicted octanol–water partition coefficient (Wildman–Crippen LogP) is 4.00. The van der Waals surface area contributed by atoms with Crippen LogP contribution >= 0.6 is 11.6 Å². The Balaban J connectivity index is 2.51. The highest BCUT2D eigenvalue weighted by molar-refractivity contribution is 6.33. The van der Waals surface area contributed by atoms with Gasteiger partial charge in [0.25, 0.3) is 5.91 Å². The third kappa shape index (κ3) is 4.51. The standard InChI is InChI=1S/C18H16ClF3N2O3/c1-2-27-16(26)17(18(20,21)22,23-12-8-4-3-5-9-12)24-15(25)13-10-6-7-11-14(13)19/h3-11,23H,2H2,1H3,(H,24,25)/t17-/m1/s1. The number of halogens is 4. The molecule has 2 aromatic carbocycles. The van der Waals surface area contributed by atoms with Crippen LogP contribution in [0.4, 0.5) is 18.9 Å². The number of alkyl halides is 3. The Morgan fingerprint density at radius 2 is 1.63 bits per heavy atom. The molecule has 0 aromatic heterocycles. The van der Waals surface area contributed by atoms with Gasteiger partial charge < -0.3 is 15.4 Å². The summed E-state index contributed by atoms with van der Waals surface area (Å²) in [5.41, 5.74) is -3.75. The van der Waals surface area contributed by atoms with E-state index in [2.05, 4.69) is 10.1 Å². The van der Waals surface area contributed by atoms with Crippen molar-refractivity contribution in [2.75, 3.05) is 11.9 Å². The Labute approximate surface area is 158 Å². The first-order valence-electron chi connectivity index (χ1n) is 7.85. The van der Waals surface area contributed by atoms with Gasteiger partial charge in [0.15, 0.2) is 0 Å². The maximum absolute atomic E-state index is 14.0. The van der Waals surface area contributed by atoms with Crippen molar-refractivity contribution in [3.63, 3.8) is 0 Å². The summed E-state index contributed by atoms with van der Waals surface area (Å²) in [6, 6.07) is 12.7. The minimum Gasteiger partial charge on any atom is -0.463 e. The number of carbonyl (C=O) groups is 2. The van der Waals surface area contributed by atoms with Gasteiger partial charge in [0.1, 0.15) is 0 Å². The van der Waals surface area contributed by atoms with E-state index >= 15 is 0 Å². The van der Waals surface area contributed by atoms with Crippen LogP contribution in [0.15, 0.2) is 54.6 Å². The summed E-state index contributed by atoms with van der Waals surface area (Å²) in [5, 5.41) is 3.73. The second-order valence-electron chi connectivity index (χ2n) is 5.39. The van der Waals surface area contributed by atoms with Crippen molar-refractivity contribution in [1.29, 1.82) is 0 Å². The molecule has 1 atom stereocenters. The number of amides is 1. The first kappa shape index (κ1) is 20.6. The quantitative estimate of drug-likeness (QED) is 0.568. The van der Waals surface area contributed by atoms with Crippen molar-refractivity contribution >= 4 is 29.2 Å². The second-order valence-corrected chi connectivity index (χ2v) is 5.80. The van der Waals surface area contributed by atoms with Gasteiger partial charge in [-0.25, -0.2) is 4.79 Å². The van der Waals surface area contributed by atoms with E-state index in [0.29, 0.717) is 0 Å². The van der Waals surface area contributed by atoms with Crippen molar-refractivity contribution in [2.24, 2.45) is 0 Å². The predicted molar refractivity (Wildman–Crippen MR) is 94.4 cm³/mol. The molecular formula is C18H16ClF3N2O3. The molecule has 0 saturated heterocycles. The Morgan fingerprint density at radius 1 is 1.04 bits per heavy atom.